The van der Waals surface area contributed by atoms with E-state index in [2.05, 4.69) is 5.32 Å². The molecule has 0 radical (unpaired) electrons. The number of morpholine rings is 1. The van der Waals surface area contributed by atoms with Crippen molar-refractivity contribution in [1.82, 2.24) is 5.32 Å². The Morgan fingerprint density at radius 1 is 1.47 bits per heavy atom. The van der Waals surface area contributed by atoms with Crippen LogP contribution in [0.1, 0.15) is 21.5 Å². The number of ether oxygens (including phenoxy) is 1. The maximum absolute atomic E-state index is 13.8. The third-order valence-electron chi connectivity index (χ3n) is 2.90. The summed E-state index contributed by atoms with van der Waals surface area (Å²) >= 11 is 0. The minimum Gasteiger partial charge on any atom is -0.367 e. The second-order valence-electron chi connectivity index (χ2n) is 4.37. The van der Waals surface area contributed by atoms with Gasteiger partial charge in [0.25, 0.3) is 0 Å². The van der Waals surface area contributed by atoms with Crippen LogP contribution < -0.4 is 5.32 Å². The van der Waals surface area contributed by atoms with Crippen LogP contribution in [0.25, 0.3) is 0 Å². The molecule has 0 amide bonds. The number of halogens is 1. The molecule has 0 aromatic heterocycles. The molecule has 0 bridgehead atoms. The third-order valence-corrected chi connectivity index (χ3v) is 2.90. The normalized spacial score (nSPS) is 20.3. The van der Waals surface area contributed by atoms with E-state index in [1.54, 1.807) is 6.92 Å². The van der Waals surface area contributed by atoms with Crippen LogP contribution in [0.4, 0.5) is 4.39 Å². The van der Waals surface area contributed by atoms with Gasteiger partial charge in [0.2, 0.25) is 0 Å². The summed E-state index contributed by atoms with van der Waals surface area (Å²) in [5.41, 5.74) is 1.64. The standard InChI is InChI=1S/C13H16FNO2/c1-8-5-9(2)12(10(14)6-8)13(16)11-7-15-3-4-17-11/h5-6,11,15H,3-4,7H2,1-2H3. The number of rotatable bonds is 2. The minimum absolute atomic E-state index is 0.157. The average molecular weight is 237 g/mol. The lowest BCUT2D eigenvalue weighted by atomic mass is 9.98. The summed E-state index contributed by atoms with van der Waals surface area (Å²) in [6.07, 6.45) is -0.570. The number of carbonyl (C=O) groups is 1. The molecule has 1 saturated heterocycles. The molecule has 17 heavy (non-hydrogen) atoms. The first kappa shape index (κ1) is 12.2. The predicted octanol–water partition coefficient (Wildman–Crippen LogP) is 1.61. The second-order valence-corrected chi connectivity index (χ2v) is 4.37. The first-order chi connectivity index (χ1) is 8.09. The van der Waals surface area contributed by atoms with Crippen molar-refractivity contribution in [3.8, 4) is 0 Å². The van der Waals surface area contributed by atoms with Crippen LogP contribution in [-0.2, 0) is 4.74 Å². The number of Topliss-reactive ketones (excluding diaryl/α,β-unsaturated/α-hetero) is 1. The Morgan fingerprint density at radius 2 is 2.24 bits per heavy atom. The number of benzene rings is 1. The maximum atomic E-state index is 13.8. The summed E-state index contributed by atoms with van der Waals surface area (Å²) in [5, 5.41) is 3.07. The van der Waals surface area contributed by atoms with Crippen LogP contribution in [0.3, 0.4) is 0 Å². The molecule has 1 aromatic carbocycles. The second kappa shape index (κ2) is 4.94. The molecule has 3 nitrogen and oxygen atoms in total. The Kier molecular flexibility index (Phi) is 3.54. The summed E-state index contributed by atoms with van der Waals surface area (Å²) < 4.78 is 19.2. The van der Waals surface area contributed by atoms with Crippen LogP contribution in [0.5, 0.6) is 0 Å². The molecule has 0 aliphatic carbocycles. The molecule has 1 unspecified atom stereocenters. The molecule has 1 N–H and O–H groups in total. The first-order valence-corrected chi connectivity index (χ1v) is 5.73. The molecule has 1 atom stereocenters. The summed E-state index contributed by atoms with van der Waals surface area (Å²) in [5.74, 6) is -0.728. The van der Waals surface area contributed by atoms with Gasteiger partial charge in [0.05, 0.1) is 12.2 Å². The van der Waals surface area contributed by atoms with Crippen molar-refractivity contribution in [3.05, 3.63) is 34.6 Å². The first-order valence-electron chi connectivity index (χ1n) is 5.73. The number of ketones is 1. The molecule has 1 aliphatic heterocycles. The zero-order valence-electron chi connectivity index (χ0n) is 10.0. The lowest BCUT2D eigenvalue weighted by molar-refractivity contribution is 0.0266. The van der Waals surface area contributed by atoms with Gasteiger partial charge in [0, 0.05) is 13.1 Å². The Morgan fingerprint density at radius 3 is 2.82 bits per heavy atom. The summed E-state index contributed by atoms with van der Waals surface area (Å²) in [6, 6.07) is 3.20. The zero-order chi connectivity index (χ0) is 12.4. The largest absolute Gasteiger partial charge is 0.367 e. The van der Waals surface area contributed by atoms with E-state index >= 15 is 0 Å². The van der Waals surface area contributed by atoms with Crippen molar-refractivity contribution in [1.29, 1.82) is 0 Å². The van der Waals surface area contributed by atoms with Crippen molar-refractivity contribution in [2.75, 3.05) is 19.7 Å². The predicted molar refractivity (Wildman–Crippen MR) is 62.8 cm³/mol. The molecule has 92 valence electrons. The molecule has 2 rings (SSSR count). The quantitative estimate of drug-likeness (QED) is 0.794. The van der Waals surface area contributed by atoms with Crippen LogP contribution in [-0.4, -0.2) is 31.6 Å². The van der Waals surface area contributed by atoms with Gasteiger partial charge < -0.3 is 10.1 Å². The third kappa shape index (κ3) is 2.53. The number of nitrogens with one attached hydrogen (secondary N) is 1. The Labute approximate surface area is 100.0 Å². The lowest BCUT2D eigenvalue weighted by Gasteiger charge is -2.23. The number of hydrogen-bond donors (Lipinski definition) is 1. The van der Waals surface area contributed by atoms with Gasteiger partial charge in [0.1, 0.15) is 11.9 Å². The van der Waals surface area contributed by atoms with Crippen molar-refractivity contribution in [2.45, 2.75) is 20.0 Å². The Balaban J connectivity index is 2.30. The van der Waals surface area contributed by atoms with Gasteiger partial charge in [-0.25, -0.2) is 4.39 Å². The van der Waals surface area contributed by atoms with Crippen molar-refractivity contribution in [2.24, 2.45) is 0 Å². The summed E-state index contributed by atoms with van der Waals surface area (Å²) in [7, 11) is 0. The molecule has 0 spiro atoms. The fourth-order valence-electron chi connectivity index (χ4n) is 2.12. The van der Waals surface area contributed by atoms with Gasteiger partial charge in [-0.3, -0.25) is 4.79 Å². The highest BCUT2D eigenvalue weighted by Crippen LogP contribution is 2.18. The SMILES string of the molecule is Cc1cc(C)c(C(=O)C2CNCCO2)c(F)c1. The fourth-order valence-corrected chi connectivity index (χ4v) is 2.12. The van der Waals surface area contributed by atoms with E-state index in [1.807, 2.05) is 13.0 Å². The average Bonchev–Trinajstić information content (AvgIpc) is 2.28. The maximum Gasteiger partial charge on any atom is 0.196 e. The van der Waals surface area contributed by atoms with E-state index in [0.717, 1.165) is 12.1 Å². The molecule has 0 saturated carbocycles. The molecular weight excluding hydrogens is 221 g/mol. The monoisotopic (exact) mass is 237 g/mol. The Hall–Kier alpha value is -1.26. The van der Waals surface area contributed by atoms with E-state index in [0.29, 0.717) is 18.7 Å². The van der Waals surface area contributed by atoms with Crippen LogP contribution in [0, 0.1) is 19.7 Å². The number of aryl methyl sites for hydroxylation is 2. The van der Waals surface area contributed by atoms with E-state index < -0.39 is 11.9 Å². The number of hydrogen-bond acceptors (Lipinski definition) is 3. The zero-order valence-corrected chi connectivity index (χ0v) is 10.0. The molecule has 1 heterocycles. The van der Waals surface area contributed by atoms with Gasteiger partial charge in [-0.1, -0.05) is 6.07 Å². The minimum atomic E-state index is -0.570. The smallest absolute Gasteiger partial charge is 0.196 e. The van der Waals surface area contributed by atoms with E-state index in [4.69, 9.17) is 4.74 Å². The van der Waals surface area contributed by atoms with Gasteiger partial charge in [0.15, 0.2) is 5.78 Å². The van der Waals surface area contributed by atoms with Gasteiger partial charge in [-0.15, -0.1) is 0 Å². The molecule has 1 aromatic rings. The molecular formula is C13H16FNO2. The molecule has 4 heteroatoms. The Bertz CT molecular complexity index is 416. The highest BCUT2D eigenvalue weighted by molar-refractivity contribution is 6.01. The summed E-state index contributed by atoms with van der Waals surface area (Å²) in [6.45, 7) is 5.23. The van der Waals surface area contributed by atoms with E-state index in [-0.39, 0.29) is 11.3 Å². The highest BCUT2D eigenvalue weighted by atomic mass is 19.1. The lowest BCUT2D eigenvalue weighted by Crippen LogP contribution is -2.43. The topological polar surface area (TPSA) is 38.3 Å². The van der Waals surface area contributed by atoms with Crippen LogP contribution in [0.15, 0.2) is 12.1 Å². The van der Waals surface area contributed by atoms with Gasteiger partial charge in [-0.2, -0.15) is 0 Å². The van der Waals surface area contributed by atoms with Gasteiger partial charge in [-0.05, 0) is 31.0 Å². The highest BCUT2D eigenvalue weighted by Gasteiger charge is 2.26. The van der Waals surface area contributed by atoms with Crippen molar-refractivity contribution in [3.63, 3.8) is 0 Å². The van der Waals surface area contributed by atoms with E-state index in [1.165, 1.54) is 6.07 Å². The van der Waals surface area contributed by atoms with E-state index in [9.17, 15) is 9.18 Å². The fraction of sp³-hybridized carbons (Fsp3) is 0.462. The molecule has 1 aliphatic rings. The van der Waals surface area contributed by atoms with Crippen LogP contribution in [0.2, 0.25) is 0 Å². The van der Waals surface area contributed by atoms with Crippen molar-refractivity contribution < 1.29 is 13.9 Å². The van der Waals surface area contributed by atoms with Crippen molar-refractivity contribution >= 4 is 5.78 Å². The number of carbonyl (C=O) groups excluding carboxylic acids is 1. The molecule has 1 fully saturated rings. The summed E-state index contributed by atoms with van der Waals surface area (Å²) in [4.78, 5) is 12.1. The van der Waals surface area contributed by atoms with Crippen LogP contribution >= 0.6 is 0 Å². The van der Waals surface area contributed by atoms with Gasteiger partial charge >= 0.3 is 0 Å².